The van der Waals surface area contributed by atoms with Gasteiger partial charge in [-0.1, -0.05) is 42.0 Å². The maximum atomic E-state index is 13.2. The number of hydrogen-bond donors (Lipinski definition) is 3. The number of quaternary nitrogens is 2. The summed E-state index contributed by atoms with van der Waals surface area (Å²) >= 11 is 0. The number of methoxy groups -OCH3 is 1. The molecular weight excluding hydrogens is 392 g/mol. The highest BCUT2D eigenvalue weighted by atomic mass is 16.5. The van der Waals surface area contributed by atoms with E-state index in [-0.39, 0.29) is 11.9 Å². The second-order valence-electron chi connectivity index (χ2n) is 8.84. The first kappa shape index (κ1) is 21.3. The van der Waals surface area contributed by atoms with Crippen LogP contribution in [0.1, 0.15) is 23.6 Å². The Bertz CT molecular complexity index is 971. The first-order chi connectivity index (χ1) is 14.9. The van der Waals surface area contributed by atoms with Crippen molar-refractivity contribution in [1.82, 2.24) is 10.2 Å². The Morgan fingerprint density at radius 3 is 2.45 bits per heavy atom. The van der Waals surface area contributed by atoms with Gasteiger partial charge in [-0.15, -0.1) is 0 Å². The normalized spacial score (nSPS) is 26.1. The van der Waals surface area contributed by atoms with E-state index in [1.807, 2.05) is 24.3 Å². The van der Waals surface area contributed by atoms with E-state index in [1.165, 1.54) is 20.9 Å². The van der Waals surface area contributed by atoms with Crippen LogP contribution in [0.5, 0.6) is 5.75 Å². The molecule has 0 radical (unpaired) electrons. The maximum absolute atomic E-state index is 13.2. The van der Waals surface area contributed by atoms with Crippen molar-refractivity contribution in [2.45, 2.75) is 25.9 Å². The molecule has 2 heterocycles. The Labute approximate surface area is 183 Å². The molecule has 0 saturated carbocycles. The van der Waals surface area contributed by atoms with Crippen LogP contribution in [-0.4, -0.2) is 56.8 Å². The largest absolute Gasteiger partial charge is 0.497 e. The van der Waals surface area contributed by atoms with Gasteiger partial charge in [-0.05, 0) is 31.5 Å². The molecule has 7 nitrogen and oxygen atoms in total. The number of urea groups is 1. The number of carbonyl (C=O) groups excluding carboxylic acids is 2. The third-order valence-corrected chi connectivity index (χ3v) is 6.50. The Kier molecular flexibility index (Phi) is 5.98. The number of carbonyl (C=O) groups is 2. The minimum Gasteiger partial charge on any atom is -0.497 e. The second-order valence-corrected chi connectivity index (χ2v) is 8.84. The number of amides is 3. The molecule has 2 fully saturated rings. The molecule has 2 aromatic carbocycles. The molecule has 0 spiro atoms. The molecule has 2 aliphatic rings. The fourth-order valence-electron chi connectivity index (χ4n) is 4.60. The number of hydrogen-bond acceptors (Lipinski definition) is 3. The third-order valence-electron chi connectivity index (χ3n) is 6.50. The summed E-state index contributed by atoms with van der Waals surface area (Å²) in [5.41, 5.74) is 2.32. The zero-order chi connectivity index (χ0) is 22.0. The molecule has 7 heteroatoms. The van der Waals surface area contributed by atoms with Gasteiger partial charge >= 0.3 is 6.03 Å². The SMILES string of the molecule is COc1cccc([C@@]2(C)NC(=O)N(C[NH+]3CC[NH+](Cc4cccc(C)c4)CC3)C2=O)c1. The topological polar surface area (TPSA) is 67.5 Å². The van der Waals surface area contributed by atoms with Crippen LogP contribution < -0.4 is 19.9 Å². The van der Waals surface area contributed by atoms with Crippen LogP contribution >= 0.6 is 0 Å². The molecule has 3 amide bonds. The zero-order valence-electron chi connectivity index (χ0n) is 18.5. The number of piperazine rings is 1. The number of rotatable bonds is 6. The monoisotopic (exact) mass is 424 g/mol. The molecule has 2 aromatic rings. The van der Waals surface area contributed by atoms with E-state index >= 15 is 0 Å². The fraction of sp³-hybridized carbons (Fsp3) is 0.417. The predicted molar refractivity (Wildman–Crippen MR) is 117 cm³/mol. The van der Waals surface area contributed by atoms with Gasteiger partial charge in [-0.25, -0.2) is 9.69 Å². The van der Waals surface area contributed by atoms with Gasteiger partial charge in [0.25, 0.3) is 5.91 Å². The lowest BCUT2D eigenvalue weighted by Gasteiger charge is -2.31. The summed E-state index contributed by atoms with van der Waals surface area (Å²) in [6.07, 6.45) is 0. The number of aryl methyl sites for hydroxylation is 1. The van der Waals surface area contributed by atoms with Gasteiger partial charge in [0.1, 0.15) is 44.0 Å². The smallest absolute Gasteiger partial charge is 0.329 e. The summed E-state index contributed by atoms with van der Waals surface area (Å²) in [6.45, 7) is 9.25. The molecule has 0 aromatic heterocycles. The summed E-state index contributed by atoms with van der Waals surface area (Å²) in [7, 11) is 1.59. The van der Waals surface area contributed by atoms with Crippen LogP contribution in [0.25, 0.3) is 0 Å². The molecule has 4 rings (SSSR count). The Hall–Kier alpha value is -2.90. The zero-order valence-corrected chi connectivity index (χ0v) is 18.5. The molecular formula is C24H32N4O3+2. The highest BCUT2D eigenvalue weighted by molar-refractivity contribution is 6.07. The van der Waals surface area contributed by atoms with Crippen molar-refractivity contribution in [3.05, 3.63) is 65.2 Å². The van der Waals surface area contributed by atoms with Crippen molar-refractivity contribution in [1.29, 1.82) is 0 Å². The number of benzene rings is 2. The summed E-state index contributed by atoms with van der Waals surface area (Å²) in [5.74, 6) is 0.463. The third kappa shape index (κ3) is 4.43. The van der Waals surface area contributed by atoms with Gasteiger partial charge in [0, 0.05) is 5.56 Å². The Balaban J connectivity index is 1.36. The van der Waals surface area contributed by atoms with Crippen molar-refractivity contribution < 1.29 is 24.1 Å². The van der Waals surface area contributed by atoms with Crippen LogP contribution in [-0.2, 0) is 16.9 Å². The van der Waals surface area contributed by atoms with Crippen LogP contribution in [0.15, 0.2) is 48.5 Å². The van der Waals surface area contributed by atoms with Gasteiger partial charge in [0.15, 0.2) is 6.67 Å². The first-order valence-corrected chi connectivity index (χ1v) is 10.9. The molecule has 0 aliphatic carbocycles. The van der Waals surface area contributed by atoms with E-state index in [2.05, 4.69) is 36.5 Å². The molecule has 3 N–H and O–H groups in total. The van der Waals surface area contributed by atoms with Crippen LogP contribution in [0.4, 0.5) is 4.79 Å². The quantitative estimate of drug-likeness (QED) is 0.559. The minimum absolute atomic E-state index is 0.201. The van der Waals surface area contributed by atoms with Gasteiger partial charge in [-0.3, -0.25) is 4.79 Å². The summed E-state index contributed by atoms with van der Waals surface area (Å²) in [5, 5.41) is 2.90. The van der Waals surface area contributed by atoms with Crippen molar-refractivity contribution >= 4 is 11.9 Å². The highest BCUT2D eigenvalue weighted by Gasteiger charge is 2.50. The molecule has 0 unspecified atom stereocenters. The minimum atomic E-state index is -1.07. The number of nitrogens with one attached hydrogen (secondary N) is 3. The Morgan fingerprint density at radius 1 is 1.03 bits per heavy atom. The van der Waals surface area contributed by atoms with Gasteiger partial charge < -0.3 is 19.9 Å². The van der Waals surface area contributed by atoms with E-state index in [9.17, 15) is 9.59 Å². The molecule has 2 aliphatic heterocycles. The lowest BCUT2D eigenvalue weighted by Crippen LogP contribution is -3.28. The van der Waals surface area contributed by atoms with Crippen LogP contribution in [0, 0.1) is 6.92 Å². The van der Waals surface area contributed by atoms with E-state index in [0.29, 0.717) is 12.4 Å². The fourth-order valence-corrected chi connectivity index (χ4v) is 4.60. The average molecular weight is 425 g/mol. The van der Waals surface area contributed by atoms with Crippen molar-refractivity contribution in [2.24, 2.45) is 0 Å². The van der Waals surface area contributed by atoms with E-state index in [1.54, 1.807) is 18.9 Å². The summed E-state index contributed by atoms with van der Waals surface area (Å²) < 4.78 is 5.28. The van der Waals surface area contributed by atoms with Crippen molar-refractivity contribution in [2.75, 3.05) is 40.0 Å². The van der Waals surface area contributed by atoms with Crippen LogP contribution in [0.2, 0.25) is 0 Å². The average Bonchev–Trinajstić information content (AvgIpc) is 2.99. The number of imide groups is 1. The van der Waals surface area contributed by atoms with Crippen molar-refractivity contribution in [3.8, 4) is 5.75 Å². The molecule has 0 bridgehead atoms. The van der Waals surface area contributed by atoms with Crippen molar-refractivity contribution in [3.63, 3.8) is 0 Å². The first-order valence-electron chi connectivity index (χ1n) is 10.9. The highest BCUT2D eigenvalue weighted by Crippen LogP contribution is 2.30. The Morgan fingerprint density at radius 2 is 1.74 bits per heavy atom. The second kappa shape index (κ2) is 8.69. The summed E-state index contributed by atoms with van der Waals surface area (Å²) in [4.78, 5) is 30.1. The lowest BCUT2D eigenvalue weighted by atomic mass is 9.92. The molecule has 2 saturated heterocycles. The molecule has 1 atom stereocenters. The van der Waals surface area contributed by atoms with E-state index < -0.39 is 5.54 Å². The van der Waals surface area contributed by atoms with Crippen LogP contribution in [0.3, 0.4) is 0 Å². The lowest BCUT2D eigenvalue weighted by molar-refractivity contribution is -1.02. The van der Waals surface area contributed by atoms with E-state index in [0.717, 1.165) is 38.3 Å². The summed E-state index contributed by atoms with van der Waals surface area (Å²) in [6, 6.07) is 15.7. The maximum Gasteiger partial charge on any atom is 0.329 e. The van der Waals surface area contributed by atoms with Gasteiger partial charge in [0.2, 0.25) is 0 Å². The predicted octanol–water partition coefficient (Wildman–Crippen LogP) is -0.288. The number of nitrogens with zero attached hydrogens (tertiary/aromatic N) is 1. The van der Waals surface area contributed by atoms with E-state index in [4.69, 9.17) is 4.74 Å². The molecule has 164 valence electrons. The standard InChI is InChI=1S/C24H30N4O3/c1-18-6-4-7-19(14-18)16-26-10-12-27(13-11-26)17-28-22(29)24(2,25-23(28)30)20-8-5-9-21(15-20)31-3/h4-9,14-15H,10-13,16-17H2,1-3H3,(H,25,30)/p+2/t24-/m1/s1. The van der Waals surface area contributed by atoms with Gasteiger partial charge in [0.05, 0.1) is 7.11 Å². The number of ether oxygens (including phenoxy) is 1. The van der Waals surface area contributed by atoms with Gasteiger partial charge in [-0.2, -0.15) is 0 Å². The molecule has 31 heavy (non-hydrogen) atoms.